The first kappa shape index (κ1) is 25.2. The van der Waals surface area contributed by atoms with Crippen LogP contribution >= 0.6 is 0 Å². The van der Waals surface area contributed by atoms with Crippen molar-refractivity contribution in [3.05, 3.63) is 65.0 Å². The number of carbonyl (C=O) groups excluding carboxylic acids is 2. The number of alkyl halides is 3. The Kier molecular flexibility index (Phi) is 7.87. The fourth-order valence-electron chi connectivity index (χ4n) is 2.92. The lowest BCUT2D eigenvalue weighted by atomic mass is 10.1. The molecule has 2 aromatic carbocycles. The van der Waals surface area contributed by atoms with Crippen molar-refractivity contribution in [2.75, 3.05) is 6.61 Å². The normalized spacial score (nSPS) is 12.8. The Hall–Kier alpha value is -3.10. The van der Waals surface area contributed by atoms with Gasteiger partial charge < -0.3 is 14.8 Å². The number of benzene rings is 2. The summed E-state index contributed by atoms with van der Waals surface area (Å²) in [6.07, 6.45) is -4.31. The molecule has 0 bridgehead atoms. The SMILES string of the molecule is CCOC(=O)C(C)(C)Oc1ccc(CC(C)NC(=O)c2ccc(C(F)(F)F)cc2F)cc1. The molecule has 1 N–H and O–H groups in total. The fourth-order valence-corrected chi connectivity index (χ4v) is 2.92. The van der Waals surface area contributed by atoms with Gasteiger partial charge in [-0.25, -0.2) is 9.18 Å². The van der Waals surface area contributed by atoms with Gasteiger partial charge in [0, 0.05) is 6.04 Å². The third-order valence-electron chi connectivity index (χ3n) is 4.52. The van der Waals surface area contributed by atoms with Gasteiger partial charge in [-0.1, -0.05) is 12.1 Å². The molecule has 2 rings (SSSR count). The molecule has 0 aliphatic heterocycles. The van der Waals surface area contributed by atoms with Gasteiger partial charge in [0.25, 0.3) is 5.91 Å². The summed E-state index contributed by atoms with van der Waals surface area (Å²) in [5, 5.41) is 2.57. The van der Waals surface area contributed by atoms with Gasteiger partial charge in [0.05, 0.1) is 17.7 Å². The highest BCUT2D eigenvalue weighted by molar-refractivity contribution is 5.94. The number of hydrogen-bond donors (Lipinski definition) is 1. The van der Waals surface area contributed by atoms with Crippen LogP contribution in [-0.4, -0.2) is 30.1 Å². The number of nitrogens with one attached hydrogen (secondary N) is 1. The highest BCUT2D eigenvalue weighted by Gasteiger charge is 2.32. The van der Waals surface area contributed by atoms with E-state index in [2.05, 4.69) is 5.32 Å². The Bertz CT molecular complexity index is 955. The van der Waals surface area contributed by atoms with Gasteiger partial charge in [-0.3, -0.25) is 4.79 Å². The van der Waals surface area contributed by atoms with Crippen LogP contribution in [0.2, 0.25) is 0 Å². The van der Waals surface area contributed by atoms with E-state index in [4.69, 9.17) is 9.47 Å². The molecule has 0 spiro atoms. The van der Waals surface area contributed by atoms with Crippen molar-refractivity contribution in [3.63, 3.8) is 0 Å². The van der Waals surface area contributed by atoms with Crippen LogP contribution in [0.25, 0.3) is 0 Å². The van der Waals surface area contributed by atoms with Gasteiger partial charge >= 0.3 is 12.1 Å². The van der Waals surface area contributed by atoms with E-state index < -0.39 is 46.6 Å². The predicted molar refractivity (Wildman–Crippen MR) is 110 cm³/mol. The van der Waals surface area contributed by atoms with Crippen LogP contribution in [0.15, 0.2) is 42.5 Å². The first-order chi connectivity index (χ1) is 14.8. The second-order valence-corrected chi connectivity index (χ2v) is 7.75. The molecule has 1 amide bonds. The maximum atomic E-state index is 14.0. The van der Waals surface area contributed by atoms with Crippen molar-refractivity contribution >= 4 is 11.9 Å². The third kappa shape index (κ3) is 6.70. The van der Waals surface area contributed by atoms with E-state index >= 15 is 0 Å². The average Bonchev–Trinajstić information content (AvgIpc) is 2.68. The number of hydrogen-bond acceptors (Lipinski definition) is 4. The van der Waals surface area contributed by atoms with Crippen LogP contribution in [0.5, 0.6) is 5.75 Å². The number of amides is 1. The monoisotopic (exact) mass is 455 g/mol. The van der Waals surface area contributed by atoms with Gasteiger partial charge in [0.1, 0.15) is 11.6 Å². The zero-order chi connectivity index (χ0) is 24.1. The van der Waals surface area contributed by atoms with Gasteiger partial charge in [-0.2, -0.15) is 13.2 Å². The Labute approximate surface area is 183 Å². The smallest absolute Gasteiger partial charge is 0.416 e. The molecular weight excluding hydrogens is 430 g/mol. The summed E-state index contributed by atoms with van der Waals surface area (Å²) in [6.45, 7) is 6.82. The first-order valence-corrected chi connectivity index (χ1v) is 9.96. The van der Waals surface area contributed by atoms with Crippen LogP contribution in [0, 0.1) is 5.82 Å². The molecule has 0 aromatic heterocycles. The summed E-state index contributed by atoms with van der Waals surface area (Å²) >= 11 is 0. The number of esters is 1. The zero-order valence-electron chi connectivity index (χ0n) is 18.2. The van der Waals surface area contributed by atoms with Crippen molar-refractivity contribution in [1.29, 1.82) is 0 Å². The van der Waals surface area contributed by atoms with E-state index in [1.54, 1.807) is 52.0 Å². The Morgan fingerprint density at radius 1 is 1.06 bits per heavy atom. The maximum Gasteiger partial charge on any atom is 0.416 e. The molecule has 0 radical (unpaired) electrons. The second kappa shape index (κ2) is 10.0. The Morgan fingerprint density at radius 3 is 2.22 bits per heavy atom. The van der Waals surface area contributed by atoms with Crippen molar-refractivity contribution in [3.8, 4) is 5.75 Å². The van der Waals surface area contributed by atoms with Crippen LogP contribution in [0.3, 0.4) is 0 Å². The minimum atomic E-state index is -4.69. The lowest BCUT2D eigenvalue weighted by molar-refractivity contribution is -0.158. The molecule has 2 aromatic rings. The zero-order valence-corrected chi connectivity index (χ0v) is 18.2. The van der Waals surface area contributed by atoms with Crippen LogP contribution < -0.4 is 10.1 Å². The molecule has 9 heteroatoms. The molecule has 174 valence electrons. The summed E-state index contributed by atoms with van der Waals surface area (Å²) in [5.74, 6) is -2.08. The molecule has 0 fully saturated rings. The van der Waals surface area contributed by atoms with Gasteiger partial charge in [-0.05, 0) is 70.0 Å². The lowest BCUT2D eigenvalue weighted by Crippen LogP contribution is -2.39. The standard InChI is InChI=1S/C23H25F4NO4/c1-5-31-21(30)22(3,4)32-17-9-6-15(7-10-17)12-14(2)28-20(29)18-11-8-16(13-19(18)24)23(25,26)27/h6-11,13-14H,5,12H2,1-4H3,(H,28,29). The minimum Gasteiger partial charge on any atom is -0.476 e. The summed E-state index contributed by atoms with van der Waals surface area (Å²) in [6, 6.07) is 8.19. The van der Waals surface area contributed by atoms with E-state index in [1.807, 2.05) is 0 Å². The summed E-state index contributed by atoms with van der Waals surface area (Å²) in [4.78, 5) is 24.2. The van der Waals surface area contributed by atoms with Crippen LogP contribution in [0.4, 0.5) is 17.6 Å². The number of halogens is 4. The quantitative estimate of drug-likeness (QED) is 0.453. The van der Waals surface area contributed by atoms with E-state index in [0.29, 0.717) is 24.3 Å². The molecule has 0 aliphatic rings. The molecule has 0 aliphatic carbocycles. The highest BCUT2D eigenvalue weighted by atomic mass is 19.4. The molecule has 0 saturated heterocycles. The van der Waals surface area contributed by atoms with Crippen molar-refractivity contribution in [2.24, 2.45) is 0 Å². The minimum absolute atomic E-state index is 0.241. The Balaban J connectivity index is 1.98. The van der Waals surface area contributed by atoms with E-state index in [9.17, 15) is 27.2 Å². The topological polar surface area (TPSA) is 64.6 Å². The molecular formula is C23H25F4NO4. The molecule has 0 saturated carbocycles. The lowest BCUT2D eigenvalue weighted by Gasteiger charge is -2.24. The molecule has 5 nitrogen and oxygen atoms in total. The number of rotatable bonds is 8. The van der Waals surface area contributed by atoms with Crippen LogP contribution in [0.1, 0.15) is 49.2 Å². The average molecular weight is 455 g/mol. The van der Waals surface area contributed by atoms with Crippen molar-refractivity contribution in [1.82, 2.24) is 5.32 Å². The van der Waals surface area contributed by atoms with Crippen LogP contribution in [-0.2, 0) is 22.1 Å². The van der Waals surface area contributed by atoms with Gasteiger partial charge in [0.2, 0.25) is 0 Å². The van der Waals surface area contributed by atoms with Crippen molar-refractivity contribution in [2.45, 2.75) is 51.9 Å². The van der Waals surface area contributed by atoms with Crippen molar-refractivity contribution < 1.29 is 36.6 Å². The number of ether oxygens (including phenoxy) is 2. The van der Waals surface area contributed by atoms with Gasteiger partial charge in [0.15, 0.2) is 5.60 Å². The highest BCUT2D eigenvalue weighted by Crippen LogP contribution is 2.30. The largest absolute Gasteiger partial charge is 0.476 e. The van der Waals surface area contributed by atoms with E-state index in [0.717, 1.165) is 11.6 Å². The van der Waals surface area contributed by atoms with Gasteiger partial charge in [-0.15, -0.1) is 0 Å². The molecule has 1 atom stereocenters. The maximum absolute atomic E-state index is 14.0. The molecule has 0 heterocycles. The van der Waals surface area contributed by atoms with E-state index in [-0.39, 0.29) is 6.61 Å². The summed E-state index contributed by atoms with van der Waals surface area (Å²) in [7, 11) is 0. The molecule has 1 unspecified atom stereocenters. The van der Waals surface area contributed by atoms with E-state index in [1.165, 1.54) is 0 Å². The Morgan fingerprint density at radius 2 is 1.69 bits per heavy atom. The first-order valence-electron chi connectivity index (χ1n) is 9.96. The summed E-state index contributed by atoms with van der Waals surface area (Å²) in [5.41, 5.74) is -1.96. The molecule has 32 heavy (non-hydrogen) atoms. The number of carbonyl (C=O) groups is 2. The second-order valence-electron chi connectivity index (χ2n) is 7.75. The fraction of sp³-hybridized carbons (Fsp3) is 0.391. The predicted octanol–water partition coefficient (Wildman–Crippen LogP) is 4.93. The third-order valence-corrected chi connectivity index (χ3v) is 4.52. The summed E-state index contributed by atoms with van der Waals surface area (Å²) < 4.78 is 62.6.